The summed E-state index contributed by atoms with van der Waals surface area (Å²) in [5.41, 5.74) is 2.41. The highest BCUT2D eigenvalue weighted by atomic mass is 19.1. The van der Waals surface area contributed by atoms with Crippen LogP contribution in [0.1, 0.15) is 34.3 Å². The molecule has 1 atom stereocenters. The van der Waals surface area contributed by atoms with E-state index in [1.807, 2.05) is 6.07 Å². The van der Waals surface area contributed by atoms with E-state index in [0.717, 1.165) is 11.8 Å². The molecule has 0 aliphatic carbocycles. The van der Waals surface area contributed by atoms with Gasteiger partial charge in [0.1, 0.15) is 24.1 Å². The van der Waals surface area contributed by atoms with Gasteiger partial charge in [0.2, 0.25) is 0 Å². The number of nitrogens with zero attached hydrogens (tertiary/aromatic N) is 1. The molecule has 0 saturated carbocycles. The number of aldehydes is 2. The van der Waals surface area contributed by atoms with Crippen LogP contribution < -0.4 is 10.1 Å². The van der Waals surface area contributed by atoms with Gasteiger partial charge >= 0.3 is 0 Å². The van der Waals surface area contributed by atoms with E-state index in [9.17, 15) is 18.8 Å². The van der Waals surface area contributed by atoms with Gasteiger partial charge in [0.05, 0.1) is 13.2 Å². The van der Waals surface area contributed by atoms with Gasteiger partial charge in [-0.25, -0.2) is 4.39 Å². The Morgan fingerprint density at radius 2 is 2.11 bits per heavy atom. The molecule has 146 valence electrons. The zero-order valence-electron chi connectivity index (χ0n) is 15.5. The lowest BCUT2D eigenvalue weighted by atomic mass is 10.1. The van der Waals surface area contributed by atoms with Crippen LogP contribution >= 0.6 is 0 Å². The second kappa shape index (κ2) is 8.65. The lowest BCUT2D eigenvalue weighted by Gasteiger charge is -2.22. The van der Waals surface area contributed by atoms with Gasteiger partial charge in [0.15, 0.2) is 0 Å². The van der Waals surface area contributed by atoms with Crippen molar-refractivity contribution in [3.63, 3.8) is 0 Å². The van der Waals surface area contributed by atoms with Crippen molar-refractivity contribution < 1.29 is 23.5 Å². The molecule has 0 fully saturated rings. The summed E-state index contributed by atoms with van der Waals surface area (Å²) in [6, 6.07) is 9.13. The zero-order valence-corrected chi connectivity index (χ0v) is 15.5. The minimum atomic E-state index is -0.645. The first-order chi connectivity index (χ1) is 13.6. The van der Waals surface area contributed by atoms with Crippen LogP contribution in [0.25, 0.3) is 0 Å². The van der Waals surface area contributed by atoms with E-state index in [-0.39, 0.29) is 31.2 Å². The fourth-order valence-corrected chi connectivity index (χ4v) is 3.33. The highest BCUT2D eigenvalue weighted by Gasteiger charge is 2.33. The maximum Gasteiger partial charge on any atom is 0.255 e. The third-order valence-corrected chi connectivity index (χ3v) is 4.86. The van der Waals surface area contributed by atoms with Gasteiger partial charge < -0.3 is 24.5 Å². The van der Waals surface area contributed by atoms with E-state index in [1.165, 1.54) is 18.1 Å². The molecule has 1 N–H and O–H groups in total. The molecule has 0 spiro atoms. The molecular weight excluding hydrogens is 363 g/mol. The fraction of sp³-hybridized carbons (Fsp3) is 0.286. The number of nitrogens with one attached hydrogen (secondary N) is 1. The van der Waals surface area contributed by atoms with Crippen LogP contribution in [0.15, 0.2) is 36.4 Å². The van der Waals surface area contributed by atoms with E-state index in [1.54, 1.807) is 24.3 Å². The van der Waals surface area contributed by atoms with Gasteiger partial charge in [-0.15, -0.1) is 0 Å². The summed E-state index contributed by atoms with van der Waals surface area (Å²) >= 11 is 0. The number of methoxy groups -OCH3 is 1. The van der Waals surface area contributed by atoms with Gasteiger partial charge in [-0.2, -0.15) is 0 Å². The first kappa shape index (κ1) is 19.5. The molecule has 1 unspecified atom stereocenters. The summed E-state index contributed by atoms with van der Waals surface area (Å²) < 4.78 is 19.2. The minimum absolute atomic E-state index is 0.212. The lowest BCUT2D eigenvalue weighted by Crippen LogP contribution is -2.36. The number of hydrogen-bond acceptors (Lipinski definition) is 5. The molecule has 6 nitrogen and oxygen atoms in total. The lowest BCUT2D eigenvalue weighted by molar-refractivity contribution is -0.112. The summed E-state index contributed by atoms with van der Waals surface area (Å²) in [6.45, 7) is 0.482. The Bertz CT molecular complexity index is 900. The molecule has 1 aliphatic heterocycles. The molecule has 3 rings (SSSR count). The minimum Gasteiger partial charge on any atom is -0.497 e. The first-order valence-corrected chi connectivity index (χ1v) is 8.97. The molecule has 1 amide bonds. The number of carbonyl (C=O) groups excluding carboxylic acids is 3. The van der Waals surface area contributed by atoms with Crippen LogP contribution in [0.2, 0.25) is 0 Å². The van der Waals surface area contributed by atoms with E-state index in [4.69, 9.17) is 4.74 Å². The van der Waals surface area contributed by atoms with Crippen molar-refractivity contribution in [3.05, 3.63) is 58.9 Å². The number of ether oxygens (including phenoxy) is 1. The fourth-order valence-electron chi connectivity index (χ4n) is 3.33. The average Bonchev–Trinajstić information content (AvgIpc) is 3.05. The van der Waals surface area contributed by atoms with E-state index in [2.05, 4.69) is 5.32 Å². The Balaban J connectivity index is 1.80. The molecule has 1 heterocycles. The van der Waals surface area contributed by atoms with Crippen molar-refractivity contribution in [1.82, 2.24) is 4.90 Å². The summed E-state index contributed by atoms with van der Waals surface area (Å²) in [5, 5.41) is 3.18. The van der Waals surface area contributed by atoms with Crippen LogP contribution in [0.3, 0.4) is 0 Å². The summed E-state index contributed by atoms with van der Waals surface area (Å²) in [6.07, 6.45) is 1.94. The van der Waals surface area contributed by atoms with E-state index < -0.39 is 6.04 Å². The van der Waals surface area contributed by atoms with Crippen molar-refractivity contribution >= 4 is 24.2 Å². The highest BCUT2D eigenvalue weighted by molar-refractivity contribution is 6.01. The van der Waals surface area contributed by atoms with Gasteiger partial charge in [-0.3, -0.25) is 4.79 Å². The van der Waals surface area contributed by atoms with Crippen molar-refractivity contribution in [1.29, 1.82) is 0 Å². The Hall–Kier alpha value is -3.22. The molecule has 0 saturated heterocycles. The summed E-state index contributed by atoms with van der Waals surface area (Å²) in [4.78, 5) is 36.2. The van der Waals surface area contributed by atoms with Crippen molar-refractivity contribution in [2.24, 2.45) is 0 Å². The number of carbonyl (C=O) groups is 3. The Kier molecular flexibility index (Phi) is 6.03. The number of anilines is 1. The van der Waals surface area contributed by atoms with Crippen molar-refractivity contribution in [3.8, 4) is 5.75 Å². The topological polar surface area (TPSA) is 75.7 Å². The maximum atomic E-state index is 14.1. The zero-order chi connectivity index (χ0) is 20.1. The molecule has 28 heavy (non-hydrogen) atoms. The van der Waals surface area contributed by atoms with Gasteiger partial charge in [0.25, 0.3) is 5.91 Å². The maximum absolute atomic E-state index is 14.1. The van der Waals surface area contributed by atoms with Crippen LogP contribution in [0.4, 0.5) is 10.1 Å². The van der Waals surface area contributed by atoms with Gasteiger partial charge in [-0.1, -0.05) is 6.07 Å². The van der Waals surface area contributed by atoms with E-state index in [0.29, 0.717) is 35.3 Å². The first-order valence-electron chi connectivity index (χ1n) is 8.97. The summed E-state index contributed by atoms with van der Waals surface area (Å²) in [7, 11) is 1.52. The Morgan fingerprint density at radius 3 is 2.82 bits per heavy atom. The molecular formula is C21H21FN2O4. The Labute approximate surface area is 162 Å². The monoisotopic (exact) mass is 384 g/mol. The number of hydrogen-bond donors (Lipinski definition) is 1. The molecule has 0 bridgehead atoms. The average molecular weight is 384 g/mol. The number of amides is 1. The smallest absolute Gasteiger partial charge is 0.255 e. The number of fused-ring (bicyclic) bond motifs is 1. The molecule has 7 heteroatoms. The standard InChI is InChI=1S/C21H21FN2O4/c1-28-16-7-8-19(22)14(10-16)11-23-20-6-2-5-17-18(20)12-24(21(17)27)15(13-26)4-3-9-25/h2,5-10,13,15,23H,3-4,11-12H2,1H3. The normalized spacial score (nSPS) is 13.8. The van der Waals surface area contributed by atoms with E-state index >= 15 is 0 Å². The Morgan fingerprint density at radius 1 is 1.29 bits per heavy atom. The quantitative estimate of drug-likeness (QED) is 0.673. The predicted octanol–water partition coefficient (Wildman–Crippen LogP) is 2.95. The van der Waals surface area contributed by atoms with Crippen LogP contribution in [0, 0.1) is 5.82 Å². The SMILES string of the molecule is COc1ccc(F)c(CNc2cccc3c2CN(C(C=O)CCC=O)C3=O)c1. The number of halogens is 1. The number of rotatable bonds is 9. The predicted molar refractivity (Wildman–Crippen MR) is 102 cm³/mol. The molecule has 0 aromatic heterocycles. The van der Waals surface area contributed by atoms with Gasteiger partial charge in [-0.05, 0) is 36.8 Å². The van der Waals surface area contributed by atoms with Crippen molar-refractivity contribution in [2.45, 2.75) is 32.0 Å². The van der Waals surface area contributed by atoms with Crippen molar-refractivity contribution in [2.75, 3.05) is 12.4 Å². The second-order valence-electron chi connectivity index (χ2n) is 6.52. The highest BCUT2D eigenvalue weighted by Crippen LogP contribution is 2.31. The molecule has 2 aromatic carbocycles. The third-order valence-electron chi connectivity index (χ3n) is 4.86. The van der Waals surface area contributed by atoms with Crippen LogP contribution in [0.5, 0.6) is 5.75 Å². The number of benzene rings is 2. The van der Waals surface area contributed by atoms with Gasteiger partial charge in [0, 0.05) is 41.9 Å². The van der Waals surface area contributed by atoms with Crippen LogP contribution in [-0.2, 0) is 22.7 Å². The van der Waals surface area contributed by atoms with Crippen LogP contribution in [-0.4, -0.2) is 36.5 Å². The third kappa shape index (κ3) is 3.88. The largest absolute Gasteiger partial charge is 0.497 e. The summed E-state index contributed by atoms with van der Waals surface area (Å²) in [5.74, 6) is -0.0375. The molecule has 1 aliphatic rings. The molecule has 2 aromatic rings. The second-order valence-corrected chi connectivity index (χ2v) is 6.52. The molecule has 0 radical (unpaired) electrons.